The lowest BCUT2D eigenvalue weighted by Gasteiger charge is -2.47. The minimum Gasteiger partial charge on any atom is -0.312 e. The Morgan fingerprint density at radius 3 is 2.00 bits per heavy atom. The molecule has 0 spiro atoms. The van der Waals surface area contributed by atoms with Crippen LogP contribution in [-0.2, 0) is 0 Å². The lowest BCUT2D eigenvalue weighted by Crippen LogP contribution is -2.60. The van der Waals surface area contributed by atoms with Crippen LogP contribution in [-0.4, -0.2) is 36.1 Å². The molecule has 0 aromatic heterocycles. The Bertz CT molecular complexity index is 227. The molecule has 1 atom stereocenters. The molecule has 1 aliphatic carbocycles. The Labute approximate surface area is 121 Å². The van der Waals surface area contributed by atoms with Crippen LogP contribution < -0.4 is 5.32 Å². The first-order valence-electron chi connectivity index (χ1n) is 8.59. The van der Waals surface area contributed by atoms with E-state index in [9.17, 15) is 0 Å². The van der Waals surface area contributed by atoms with E-state index in [0.29, 0.717) is 11.6 Å². The van der Waals surface area contributed by atoms with E-state index in [1.165, 1.54) is 51.6 Å². The first-order valence-corrected chi connectivity index (χ1v) is 8.59. The number of nitrogens with one attached hydrogen (secondary N) is 1. The van der Waals surface area contributed by atoms with Gasteiger partial charge in [0.25, 0.3) is 0 Å². The van der Waals surface area contributed by atoms with Gasteiger partial charge in [-0.25, -0.2) is 0 Å². The monoisotopic (exact) mass is 268 g/mol. The van der Waals surface area contributed by atoms with Crippen molar-refractivity contribution < 1.29 is 0 Å². The first kappa shape index (κ1) is 17.0. The molecule has 1 fully saturated rings. The van der Waals surface area contributed by atoms with E-state index in [1.54, 1.807) is 0 Å². The summed E-state index contributed by atoms with van der Waals surface area (Å²) < 4.78 is 0. The quantitative estimate of drug-likeness (QED) is 0.678. The second kappa shape index (κ2) is 8.26. The van der Waals surface area contributed by atoms with E-state index in [1.807, 2.05) is 0 Å². The molecule has 19 heavy (non-hydrogen) atoms. The molecule has 1 saturated carbocycles. The number of rotatable bonds is 9. The predicted molar refractivity (Wildman–Crippen MR) is 85.7 cm³/mol. The molecule has 0 aromatic rings. The van der Waals surface area contributed by atoms with Crippen LogP contribution in [0.1, 0.15) is 73.1 Å². The van der Waals surface area contributed by atoms with Crippen molar-refractivity contribution >= 4 is 0 Å². The van der Waals surface area contributed by atoms with Crippen LogP contribution in [0.15, 0.2) is 0 Å². The maximum Gasteiger partial charge on any atom is 0.0362 e. The van der Waals surface area contributed by atoms with Crippen molar-refractivity contribution in [2.45, 2.75) is 84.7 Å². The second-order valence-electron chi connectivity index (χ2n) is 6.56. The highest BCUT2D eigenvalue weighted by Crippen LogP contribution is 2.39. The first-order chi connectivity index (χ1) is 9.10. The molecule has 0 aliphatic heterocycles. The predicted octanol–water partition coefficient (Wildman–Crippen LogP) is 4.06. The summed E-state index contributed by atoms with van der Waals surface area (Å²) in [5.41, 5.74) is 0.439. The Hall–Kier alpha value is -0.0800. The number of hydrogen-bond donors (Lipinski definition) is 1. The maximum atomic E-state index is 3.83. The van der Waals surface area contributed by atoms with Crippen LogP contribution in [0.25, 0.3) is 0 Å². The zero-order valence-corrected chi connectivity index (χ0v) is 14.0. The largest absolute Gasteiger partial charge is 0.312 e. The van der Waals surface area contributed by atoms with Crippen molar-refractivity contribution in [3.05, 3.63) is 0 Å². The molecule has 1 unspecified atom stereocenters. The summed E-state index contributed by atoms with van der Waals surface area (Å²) in [6.45, 7) is 15.1. The molecule has 1 rings (SSSR count). The topological polar surface area (TPSA) is 15.3 Å². The molecule has 0 aromatic carbocycles. The molecule has 0 radical (unpaired) electrons. The zero-order valence-electron chi connectivity index (χ0n) is 14.0. The highest BCUT2D eigenvalue weighted by molar-refractivity contribution is 5.03. The van der Waals surface area contributed by atoms with E-state index in [2.05, 4.69) is 44.8 Å². The summed E-state index contributed by atoms with van der Waals surface area (Å²) >= 11 is 0. The fourth-order valence-electron chi connectivity index (χ4n) is 4.03. The minimum absolute atomic E-state index is 0.439. The van der Waals surface area contributed by atoms with Gasteiger partial charge in [0.05, 0.1) is 0 Å². The number of hydrogen-bond acceptors (Lipinski definition) is 2. The van der Waals surface area contributed by atoms with E-state index in [-0.39, 0.29) is 0 Å². The molecule has 114 valence electrons. The van der Waals surface area contributed by atoms with Crippen LogP contribution in [0.5, 0.6) is 0 Å². The summed E-state index contributed by atoms with van der Waals surface area (Å²) in [6, 6.07) is 0.683. The molecule has 0 bridgehead atoms. The minimum atomic E-state index is 0.439. The molecule has 2 nitrogen and oxygen atoms in total. The average Bonchev–Trinajstić information content (AvgIpc) is 2.86. The normalized spacial score (nSPS) is 20.4. The lowest BCUT2D eigenvalue weighted by molar-refractivity contribution is 0.0582. The Kier molecular flexibility index (Phi) is 7.38. The molecule has 2 heteroatoms. The van der Waals surface area contributed by atoms with Gasteiger partial charge in [-0.3, -0.25) is 4.90 Å². The summed E-state index contributed by atoms with van der Waals surface area (Å²) in [4.78, 5) is 2.74. The maximum absolute atomic E-state index is 3.83. The average molecular weight is 268 g/mol. The van der Waals surface area contributed by atoms with Gasteiger partial charge in [-0.05, 0) is 51.2 Å². The Morgan fingerprint density at radius 2 is 1.58 bits per heavy atom. The standard InChI is InChI=1S/C17H36N2/c1-6-18-16(12-11-15(4)5)17(13-9-10-14-17)19(7-2)8-3/h15-16,18H,6-14H2,1-5H3. The fourth-order valence-corrected chi connectivity index (χ4v) is 4.03. The zero-order chi connectivity index (χ0) is 14.3. The van der Waals surface area contributed by atoms with E-state index in [4.69, 9.17) is 0 Å². The van der Waals surface area contributed by atoms with E-state index >= 15 is 0 Å². The van der Waals surface area contributed by atoms with Crippen LogP contribution in [0.2, 0.25) is 0 Å². The summed E-state index contributed by atoms with van der Waals surface area (Å²) in [6.07, 6.45) is 8.30. The van der Waals surface area contributed by atoms with Gasteiger partial charge < -0.3 is 5.32 Å². The smallest absolute Gasteiger partial charge is 0.0362 e. The summed E-state index contributed by atoms with van der Waals surface area (Å²) in [5.74, 6) is 0.816. The summed E-state index contributed by atoms with van der Waals surface area (Å²) in [7, 11) is 0. The molecule has 1 aliphatic rings. The third-order valence-corrected chi connectivity index (χ3v) is 4.99. The van der Waals surface area contributed by atoms with Gasteiger partial charge in [-0.1, -0.05) is 47.5 Å². The molecule has 1 N–H and O–H groups in total. The van der Waals surface area contributed by atoms with Gasteiger partial charge in [0.2, 0.25) is 0 Å². The van der Waals surface area contributed by atoms with Crippen molar-refractivity contribution in [2.75, 3.05) is 19.6 Å². The molecule has 0 heterocycles. The highest BCUT2D eigenvalue weighted by atomic mass is 15.2. The number of nitrogens with zero attached hydrogens (tertiary/aromatic N) is 1. The molecular weight excluding hydrogens is 232 g/mol. The highest BCUT2D eigenvalue weighted by Gasteiger charge is 2.44. The number of likely N-dealkylation sites (N-methyl/N-ethyl adjacent to an activating group) is 2. The summed E-state index contributed by atoms with van der Waals surface area (Å²) in [5, 5.41) is 3.83. The third-order valence-electron chi connectivity index (χ3n) is 4.99. The van der Waals surface area contributed by atoms with Crippen molar-refractivity contribution in [3.63, 3.8) is 0 Å². The van der Waals surface area contributed by atoms with Crippen LogP contribution in [0.3, 0.4) is 0 Å². The molecule has 0 saturated heterocycles. The van der Waals surface area contributed by atoms with Crippen molar-refractivity contribution in [2.24, 2.45) is 5.92 Å². The Balaban J connectivity index is 2.84. The lowest BCUT2D eigenvalue weighted by atomic mass is 9.82. The molecule has 0 amide bonds. The van der Waals surface area contributed by atoms with Crippen LogP contribution >= 0.6 is 0 Å². The van der Waals surface area contributed by atoms with Crippen LogP contribution in [0.4, 0.5) is 0 Å². The SMILES string of the molecule is CCNC(CCC(C)C)C1(N(CC)CC)CCCC1. The van der Waals surface area contributed by atoms with Crippen LogP contribution in [0, 0.1) is 5.92 Å². The van der Waals surface area contributed by atoms with Gasteiger partial charge in [-0.2, -0.15) is 0 Å². The fraction of sp³-hybridized carbons (Fsp3) is 1.00. The van der Waals surface area contributed by atoms with Gasteiger partial charge in [0, 0.05) is 11.6 Å². The molecular formula is C17H36N2. The second-order valence-corrected chi connectivity index (χ2v) is 6.56. The van der Waals surface area contributed by atoms with Crippen molar-refractivity contribution in [3.8, 4) is 0 Å². The van der Waals surface area contributed by atoms with Gasteiger partial charge in [-0.15, -0.1) is 0 Å². The van der Waals surface area contributed by atoms with E-state index < -0.39 is 0 Å². The van der Waals surface area contributed by atoms with Gasteiger partial charge in [0.1, 0.15) is 0 Å². The van der Waals surface area contributed by atoms with Gasteiger partial charge >= 0.3 is 0 Å². The van der Waals surface area contributed by atoms with Gasteiger partial charge in [0.15, 0.2) is 0 Å². The van der Waals surface area contributed by atoms with E-state index in [0.717, 1.165) is 12.5 Å². The third kappa shape index (κ3) is 4.19. The van der Waals surface area contributed by atoms with Crippen molar-refractivity contribution in [1.82, 2.24) is 10.2 Å². The Morgan fingerprint density at radius 1 is 1.00 bits per heavy atom. The van der Waals surface area contributed by atoms with Crippen molar-refractivity contribution in [1.29, 1.82) is 0 Å².